The average molecular weight is 263 g/mol. The van der Waals surface area contributed by atoms with Gasteiger partial charge in [-0.05, 0) is 37.0 Å². The van der Waals surface area contributed by atoms with Gasteiger partial charge >= 0.3 is 6.01 Å². The predicted molar refractivity (Wildman–Crippen MR) is 73.4 cm³/mol. The van der Waals surface area contributed by atoms with Gasteiger partial charge in [-0.2, -0.15) is 15.0 Å². The van der Waals surface area contributed by atoms with E-state index in [9.17, 15) is 0 Å². The van der Waals surface area contributed by atoms with Crippen LogP contribution in [-0.2, 0) is 0 Å². The van der Waals surface area contributed by atoms with E-state index >= 15 is 0 Å². The third kappa shape index (κ3) is 2.57. The Hall–Kier alpha value is -1.59. The molecule has 2 bridgehead atoms. The molecule has 2 saturated carbocycles. The van der Waals surface area contributed by atoms with Crippen molar-refractivity contribution in [2.75, 3.05) is 31.3 Å². The summed E-state index contributed by atoms with van der Waals surface area (Å²) in [6, 6.07) is 0.342. The van der Waals surface area contributed by atoms with Gasteiger partial charge in [0.15, 0.2) is 0 Å². The van der Waals surface area contributed by atoms with Crippen molar-refractivity contribution in [1.29, 1.82) is 0 Å². The molecule has 1 aromatic heterocycles. The fourth-order valence-corrected chi connectivity index (χ4v) is 3.49. The lowest BCUT2D eigenvalue weighted by Gasteiger charge is -2.21. The number of aromatic nitrogens is 3. The van der Waals surface area contributed by atoms with Gasteiger partial charge in [0.05, 0.1) is 7.11 Å². The zero-order chi connectivity index (χ0) is 13.2. The fraction of sp³-hybridized carbons (Fsp3) is 0.769. The predicted octanol–water partition coefficient (Wildman–Crippen LogP) is 1.77. The lowest BCUT2D eigenvalue weighted by atomic mass is 9.89. The van der Waals surface area contributed by atoms with E-state index in [4.69, 9.17) is 4.74 Å². The maximum Gasteiger partial charge on any atom is 0.322 e. The standard InChI is InChI=1S/C13H21N5O/c1-14-11-16-12(18-13(17-11)19-2)15-7-10-6-8-3-4-9(10)5-8/h8-10H,3-7H2,1-2H3,(H2,14,15,16,17,18). The van der Waals surface area contributed by atoms with Gasteiger partial charge in [-0.3, -0.25) is 0 Å². The maximum absolute atomic E-state index is 5.08. The highest BCUT2D eigenvalue weighted by Crippen LogP contribution is 2.48. The lowest BCUT2D eigenvalue weighted by Crippen LogP contribution is -2.21. The topological polar surface area (TPSA) is 72.0 Å². The second-order valence-electron chi connectivity index (χ2n) is 5.54. The molecule has 6 heteroatoms. The largest absolute Gasteiger partial charge is 0.467 e. The van der Waals surface area contributed by atoms with Crippen LogP contribution in [0, 0.1) is 17.8 Å². The Kier molecular flexibility index (Phi) is 3.40. The van der Waals surface area contributed by atoms with Crippen molar-refractivity contribution < 1.29 is 4.74 Å². The highest BCUT2D eigenvalue weighted by Gasteiger charge is 2.39. The molecule has 2 fully saturated rings. The highest BCUT2D eigenvalue weighted by molar-refractivity contribution is 5.35. The molecular formula is C13H21N5O. The van der Waals surface area contributed by atoms with E-state index in [2.05, 4.69) is 25.6 Å². The molecule has 2 aliphatic carbocycles. The summed E-state index contributed by atoms with van der Waals surface area (Å²) in [6.45, 7) is 0.956. The summed E-state index contributed by atoms with van der Waals surface area (Å²) in [6.07, 6.45) is 5.62. The number of fused-ring (bicyclic) bond motifs is 2. The Bertz CT molecular complexity index is 430. The summed E-state index contributed by atoms with van der Waals surface area (Å²) in [7, 11) is 3.35. The Morgan fingerprint density at radius 2 is 2.00 bits per heavy atom. The Morgan fingerprint density at radius 3 is 2.63 bits per heavy atom. The van der Waals surface area contributed by atoms with E-state index in [0.29, 0.717) is 17.9 Å². The molecule has 0 aliphatic heterocycles. The van der Waals surface area contributed by atoms with E-state index in [1.165, 1.54) is 25.7 Å². The van der Waals surface area contributed by atoms with Gasteiger partial charge in [-0.15, -0.1) is 0 Å². The van der Waals surface area contributed by atoms with Crippen LogP contribution < -0.4 is 15.4 Å². The molecule has 3 atom stereocenters. The van der Waals surface area contributed by atoms with Crippen molar-refractivity contribution >= 4 is 11.9 Å². The van der Waals surface area contributed by atoms with Crippen LogP contribution in [0.4, 0.5) is 11.9 Å². The number of rotatable bonds is 5. The molecule has 19 heavy (non-hydrogen) atoms. The molecule has 0 amide bonds. The minimum Gasteiger partial charge on any atom is -0.467 e. The summed E-state index contributed by atoms with van der Waals surface area (Å²) in [5.74, 6) is 3.78. The molecule has 0 saturated heterocycles. The van der Waals surface area contributed by atoms with Crippen molar-refractivity contribution in [2.24, 2.45) is 17.8 Å². The molecule has 2 N–H and O–H groups in total. The maximum atomic E-state index is 5.08. The van der Waals surface area contributed by atoms with Gasteiger partial charge in [-0.25, -0.2) is 0 Å². The van der Waals surface area contributed by atoms with Crippen LogP contribution >= 0.6 is 0 Å². The van der Waals surface area contributed by atoms with Crippen LogP contribution in [-0.4, -0.2) is 35.7 Å². The Balaban J connectivity index is 1.63. The van der Waals surface area contributed by atoms with Crippen LogP contribution in [0.25, 0.3) is 0 Å². The molecule has 0 aromatic carbocycles. The SMILES string of the molecule is CNc1nc(NCC2CC3CCC2C3)nc(OC)n1. The van der Waals surface area contributed by atoms with Crippen LogP contribution in [0.1, 0.15) is 25.7 Å². The minimum absolute atomic E-state index is 0.342. The summed E-state index contributed by atoms with van der Waals surface area (Å²) in [5, 5.41) is 6.25. The monoisotopic (exact) mass is 263 g/mol. The number of methoxy groups -OCH3 is 1. The van der Waals surface area contributed by atoms with E-state index < -0.39 is 0 Å². The van der Waals surface area contributed by atoms with Crippen molar-refractivity contribution in [3.8, 4) is 6.01 Å². The first kappa shape index (κ1) is 12.4. The summed E-state index contributed by atoms with van der Waals surface area (Å²) < 4.78 is 5.08. The van der Waals surface area contributed by atoms with Crippen molar-refractivity contribution in [3.63, 3.8) is 0 Å². The molecular weight excluding hydrogens is 242 g/mol. The van der Waals surface area contributed by atoms with Crippen molar-refractivity contribution in [3.05, 3.63) is 0 Å². The normalized spacial score (nSPS) is 28.4. The number of hydrogen-bond acceptors (Lipinski definition) is 6. The van der Waals surface area contributed by atoms with E-state index in [0.717, 1.165) is 24.3 Å². The minimum atomic E-state index is 0.342. The molecule has 1 aromatic rings. The van der Waals surface area contributed by atoms with Crippen LogP contribution in [0.2, 0.25) is 0 Å². The number of hydrogen-bond donors (Lipinski definition) is 2. The van der Waals surface area contributed by atoms with Crippen LogP contribution in [0.5, 0.6) is 6.01 Å². The molecule has 0 radical (unpaired) electrons. The number of anilines is 2. The first-order valence-corrected chi connectivity index (χ1v) is 7.00. The lowest BCUT2D eigenvalue weighted by molar-refractivity contribution is 0.347. The van der Waals surface area contributed by atoms with Gasteiger partial charge < -0.3 is 15.4 Å². The molecule has 2 aliphatic rings. The first-order valence-electron chi connectivity index (χ1n) is 7.00. The number of ether oxygens (including phenoxy) is 1. The summed E-state index contributed by atoms with van der Waals surface area (Å²) in [5.41, 5.74) is 0. The second-order valence-corrected chi connectivity index (χ2v) is 5.54. The zero-order valence-corrected chi connectivity index (χ0v) is 11.5. The van der Waals surface area contributed by atoms with E-state index in [1.54, 1.807) is 14.2 Å². The molecule has 6 nitrogen and oxygen atoms in total. The molecule has 1 heterocycles. The van der Waals surface area contributed by atoms with Gasteiger partial charge in [0, 0.05) is 13.6 Å². The average Bonchev–Trinajstić information content (AvgIpc) is 3.07. The Morgan fingerprint density at radius 1 is 1.16 bits per heavy atom. The first-order chi connectivity index (χ1) is 9.28. The van der Waals surface area contributed by atoms with Crippen molar-refractivity contribution in [1.82, 2.24) is 15.0 Å². The molecule has 3 unspecified atom stereocenters. The highest BCUT2D eigenvalue weighted by atomic mass is 16.5. The van der Waals surface area contributed by atoms with Gasteiger partial charge in [0.25, 0.3) is 0 Å². The molecule has 3 rings (SSSR count). The van der Waals surface area contributed by atoms with Crippen molar-refractivity contribution in [2.45, 2.75) is 25.7 Å². The number of nitrogens with one attached hydrogen (secondary N) is 2. The third-order valence-corrected chi connectivity index (χ3v) is 4.43. The number of nitrogens with zero attached hydrogens (tertiary/aromatic N) is 3. The van der Waals surface area contributed by atoms with Gasteiger partial charge in [0.2, 0.25) is 11.9 Å². The fourth-order valence-electron chi connectivity index (χ4n) is 3.49. The third-order valence-electron chi connectivity index (χ3n) is 4.43. The van der Waals surface area contributed by atoms with E-state index in [1.807, 2.05) is 0 Å². The Labute approximate surface area is 113 Å². The second kappa shape index (κ2) is 5.19. The summed E-state index contributed by atoms with van der Waals surface area (Å²) in [4.78, 5) is 12.6. The molecule has 104 valence electrons. The molecule has 0 spiro atoms. The quantitative estimate of drug-likeness (QED) is 0.843. The smallest absolute Gasteiger partial charge is 0.322 e. The van der Waals surface area contributed by atoms with Crippen LogP contribution in [0.15, 0.2) is 0 Å². The van der Waals surface area contributed by atoms with Crippen LogP contribution in [0.3, 0.4) is 0 Å². The summed E-state index contributed by atoms with van der Waals surface area (Å²) >= 11 is 0. The van der Waals surface area contributed by atoms with E-state index in [-0.39, 0.29) is 0 Å². The van der Waals surface area contributed by atoms with Gasteiger partial charge in [0.1, 0.15) is 0 Å². The zero-order valence-electron chi connectivity index (χ0n) is 11.5. The van der Waals surface area contributed by atoms with Gasteiger partial charge in [-0.1, -0.05) is 6.42 Å².